The molecule has 1 saturated heterocycles. The molecule has 1 fully saturated rings. The SMILES string of the molecule is Fc1ccc(N2CCC(Oc3cccc(F)c3)CC2)nc1. The number of ether oxygens (including phenoxy) is 1. The molecule has 0 saturated carbocycles. The molecule has 3 rings (SSSR count). The quantitative estimate of drug-likeness (QED) is 0.866. The maximum Gasteiger partial charge on any atom is 0.141 e. The van der Waals surface area contributed by atoms with Crippen molar-refractivity contribution in [3.05, 3.63) is 54.2 Å². The summed E-state index contributed by atoms with van der Waals surface area (Å²) in [5.41, 5.74) is 0. The van der Waals surface area contributed by atoms with Crippen LogP contribution in [0.2, 0.25) is 0 Å². The molecule has 21 heavy (non-hydrogen) atoms. The smallest absolute Gasteiger partial charge is 0.141 e. The molecule has 0 amide bonds. The van der Waals surface area contributed by atoms with E-state index in [1.54, 1.807) is 18.2 Å². The molecule has 1 aromatic heterocycles. The molecule has 0 N–H and O–H groups in total. The molecule has 1 aromatic carbocycles. The fraction of sp³-hybridized carbons (Fsp3) is 0.312. The first-order valence-corrected chi connectivity index (χ1v) is 6.99. The number of pyridine rings is 1. The van der Waals surface area contributed by atoms with E-state index < -0.39 is 0 Å². The predicted molar refractivity (Wildman–Crippen MR) is 76.5 cm³/mol. The highest BCUT2D eigenvalue weighted by molar-refractivity contribution is 5.38. The zero-order valence-corrected chi connectivity index (χ0v) is 11.5. The number of hydrogen-bond donors (Lipinski definition) is 0. The maximum atomic E-state index is 13.1. The second-order valence-electron chi connectivity index (χ2n) is 5.10. The number of anilines is 1. The molecule has 5 heteroatoms. The van der Waals surface area contributed by atoms with Crippen molar-refractivity contribution in [2.75, 3.05) is 18.0 Å². The Morgan fingerprint density at radius 2 is 1.86 bits per heavy atom. The molecule has 2 aromatic rings. The molecule has 0 atom stereocenters. The molecule has 1 aliphatic rings. The van der Waals surface area contributed by atoms with E-state index in [-0.39, 0.29) is 17.7 Å². The molecule has 1 aliphatic heterocycles. The molecular formula is C16H16F2N2O. The van der Waals surface area contributed by atoms with Crippen LogP contribution in [0.4, 0.5) is 14.6 Å². The van der Waals surface area contributed by atoms with Crippen molar-refractivity contribution in [3.63, 3.8) is 0 Å². The van der Waals surface area contributed by atoms with Crippen molar-refractivity contribution in [2.45, 2.75) is 18.9 Å². The summed E-state index contributed by atoms with van der Waals surface area (Å²) in [6, 6.07) is 9.30. The largest absolute Gasteiger partial charge is 0.490 e. The Morgan fingerprint density at radius 3 is 2.52 bits per heavy atom. The van der Waals surface area contributed by atoms with Crippen LogP contribution >= 0.6 is 0 Å². The van der Waals surface area contributed by atoms with Crippen molar-refractivity contribution < 1.29 is 13.5 Å². The molecule has 2 heterocycles. The minimum Gasteiger partial charge on any atom is -0.490 e. The van der Waals surface area contributed by atoms with E-state index in [0.29, 0.717) is 5.75 Å². The van der Waals surface area contributed by atoms with E-state index in [4.69, 9.17) is 4.74 Å². The van der Waals surface area contributed by atoms with Crippen LogP contribution in [0.3, 0.4) is 0 Å². The monoisotopic (exact) mass is 290 g/mol. The molecule has 0 radical (unpaired) electrons. The summed E-state index contributed by atoms with van der Waals surface area (Å²) in [4.78, 5) is 6.19. The number of aromatic nitrogens is 1. The highest BCUT2D eigenvalue weighted by atomic mass is 19.1. The molecule has 0 spiro atoms. The van der Waals surface area contributed by atoms with Crippen LogP contribution in [0.5, 0.6) is 5.75 Å². The van der Waals surface area contributed by atoms with Gasteiger partial charge in [0.25, 0.3) is 0 Å². The Balaban J connectivity index is 1.56. The Kier molecular flexibility index (Phi) is 3.99. The summed E-state index contributed by atoms with van der Waals surface area (Å²) in [7, 11) is 0. The second-order valence-corrected chi connectivity index (χ2v) is 5.10. The Labute approximate surface area is 122 Å². The minimum absolute atomic E-state index is 0.0727. The summed E-state index contributed by atoms with van der Waals surface area (Å²) < 4.78 is 31.8. The van der Waals surface area contributed by atoms with Gasteiger partial charge in [-0.05, 0) is 24.3 Å². The summed E-state index contributed by atoms with van der Waals surface area (Å²) in [6.45, 7) is 1.58. The number of halogens is 2. The van der Waals surface area contributed by atoms with Crippen LogP contribution in [0, 0.1) is 11.6 Å². The standard InChI is InChI=1S/C16H16F2N2O/c17-12-2-1-3-15(10-12)21-14-6-8-20(9-7-14)16-5-4-13(18)11-19-16/h1-5,10-11,14H,6-9H2. The van der Waals surface area contributed by atoms with Gasteiger partial charge in [-0.25, -0.2) is 13.8 Å². The van der Waals surface area contributed by atoms with Gasteiger partial charge in [-0.2, -0.15) is 0 Å². The average molecular weight is 290 g/mol. The predicted octanol–water partition coefficient (Wildman–Crippen LogP) is 3.41. The average Bonchev–Trinajstić information content (AvgIpc) is 2.49. The highest BCUT2D eigenvalue weighted by Gasteiger charge is 2.21. The van der Waals surface area contributed by atoms with Crippen LogP contribution in [-0.4, -0.2) is 24.2 Å². The maximum absolute atomic E-state index is 13.1. The topological polar surface area (TPSA) is 25.4 Å². The van der Waals surface area contributed by atoms with Gasteiger partial charge in [-0.1, -0.05) is 6.07 Å². The van der Waals surface area contributed by atoms with E-state index in [1.807, 2.05) is 0 Å². The Hall–Kier alpha value is -2.17. The van der Waals surface area contributed by atoms with Crippen molar-refractivity contribution in [2.24, 2.45) is 0 Å². The lowest BCUT2D eigenvalue weighted by atomic mass is 10.1. The van der Waals surface area contributed by atoms with E-state index in [9.17, 15) is 8.78 Å². The van der Waals surface area contributed by atoms with E-state index in [1.165, 1.54) is 24.4 Å². The first-order chi connectivity index (χ1) is 10.2. The third-order valence-corrected chi connectivity index (χ3v) is 3.58. The normalized spacial score (nSPS) is 16.0. The second kappa shape index (κ2) is 6.08. The van der Waals surface area contributed by atoms with E-state index in [0.717, 1.165) is 31.7 Å². The molecule has 0 aliphatic carbocycles. The van der Waals surface area contributed by atoms with Crippen LogP contribution in [0.1, 0.15) is 12.8 Å². The summed E-state index contributed by atoms with van der Waals surface area (Å²) in [6.07, 6.45) is 2.96. The zero-order valence-electron chi connectivity index (χ0n) is 11.5. The summed E-state index contributed by atoms with van der Waals surface area (Å²) in [5.74, 6) is 0.720. The number of rotatable bonds is 3. The molecular weight excluding hydrogens is 274 g/mol. The number of nitrogens with zero attached hydrogens (tertiary/aromatic N) is 2. The first-order valence-electron chi connectivity index (χ1n) is 6.99. The molecule has 0 unspecified atom stereocenters. The Bertz CT molecular complexity index is 595. The van der Waals surface area contributed by atoms with Crippen molar-refractivity contribution in [3.8, 4) is 5.75 Å². The fourth-order valence-electron chi connectivity index (χ4n) is 2.49. The van der Waals surface area contributed by atoms with Gasteiger partial charge in [-0.15, -0.1) is 0 Å². The van der Waals surface area contributed by atoms with Gasteiger partial charge in [0.2, 0.25) is 0 Å². The minimum atomic E-state index is -0.330. The summed E-state index contributed by atoms with van der Waals surface area (Å²) in [5, 5.41) is 0. The van der Waals surface area contributed by atoms with Gasteiger partial charge < -0.3 is 9.64 Å². The van der Waals surface area contributed by atoms with Crippen molar-refractivity contribution in [1.29, 1.82) is 0 Å². The third-order valence-electron chi connectivity index (χ3n) is 3.58. The molecule has 0 bridgehead atoms. The van der Waals surface area contributed by atoms with Crippen molar-refractivity contribution in [1.82, 2.24) is 4.98 Å². The van der Waals surface area contributed by atoms with Gasteiger partial charge in [0.05, 0.1) is 6.20 Å². The van der Waals surface area contributed by atoms with Gasteiger partial charge >= 0.3 is 0 Å². The van der Waals surface area contributed by atoms with Gasteiger partial charge in [0, 0.05) is 32.0 Å². The van der Waals surface area contributed by atoms with Gasteiger partial charge in [0.1, 0.15) is 29.3 Å². The van der Waals surface area contributed by atoms with Crippen LogP contribution < -0.4 is 9.64 Å². The fourth-order valence-corrected chi connectivity index (χ4v) is 2.49. The summed E-state index contributed by atoms with van der Waals surface area (Å²) >= 11 is 0. The number of hydrogen-bond acceptors (Lipinski definition) is 3. The van der Waals surface area contributed by atoms with Crippen LogP contribution in [0.15, 0.2) is 42.6 Å². The third kappa shape index (κ3) is 3.48. The van der Waals surface area contributed by atoms with Gasteiger partial charge in [0.15, 0.2) is 0 Å². The zero-order chi connectivity index (χ0) is 14.7. The van der Waals surface area contributed by atoms with E-state index in [2.05, 4.69) is 9.88 Å². The first kappa shape index (κ1) is 13.8. The molecule has 110 valence electrons. The lowest BCUT2D eigenvalue weighted by Gasteiger charge is -2.32. The van der Waals surface area contributed by atoms with E-state index >= 15 is 0 Å². The van der Waals surface area contributed by atoms with Crippen molar-refractivity contribution >= 4 is 5.82 Å². The molecule has 3 nitrogen and oxygen atoms in total. The van der Waals surface area contributed by atoms with Gasteiger partial charge in [-0.3, -0.25) is 0 Å². The lowest BCUT2D eigenvalue weighted by Crippen LogP contribution is -2.38. The number of benzene rings is 1. The Morgan fingerprint density at radius 1 is 1.05 bits per heavy atom. The van der Waals surface area contributed by atoms with Crippen LogP contribution in [0.25, 0.3) is 0 Å². The highest BCUT2D eigenvalue weighted by Crippen LogP contribution is 2.22. The lowest BCUT2D eigenvalue weighted by molar-refractivity contribution is 0.170. The van der Waals surface area contributed by atoms with Crippen LogP contribution in [-0.2, 0) is 0 Å². The number of piperidine rings is 1.